The van der Waals surface area contributed by atoms with Crippen molar-refractivity contribution in [2.24, 2.45) is 0 Å². The summed E-state index contributed by atoms with van der Waals surface area (Å²) in [5.41, 5.74) is 6.53. The number of hydrogen-bond donors (Lipinski definition) is 0. The van der Waals surface area contributed by atoms with Crippen LogP contribution in [0.2, 0.25) is 12.6 Å². The summed E-state index contributed by atoms with van der Waals surface area (Å²) in [4.78, 5) is 0. The summed E-state index contributed by atoms with van der Waals surface area (Å²) in [6, 6.07) is 5.04. The van der Waals surface area contributed by atoms with Crippen molar-refractivity contribution in [2.45, 2.75) is 91.2 Å². The first-order valence-corrected chi connectivity index (χ1v) is 9.09. The molecule has 1 heteroatoms. The summed E-state index contributed by atoms with van der Waals surface area (Å²) in [6.45, 7) is 14.9. The maximum atomic E-state index is 2.52. The second kappa shape index (κ2) is 7.03. The smallest absolute Gasteiger partial charge is 0.0733 e. The molecule has 1 aliphatic heterocycles. The van der Waals surface area contributed by atoms with Crippen LogP contribution in [-0.2, 0) is 0 Å². The maximum Gasteiger partial charge on any atom is 0.176 e. The van der Waals surface area contributed by atoms with Crippen molar-refractivity contribution in [1.29, 1.82) is 0 Å². The topological polar surface area (TPSA) is 0 Å². The van der Waals surface area contributed by atoms with Crippen molar-refractivity contribution < 1.29 is 0 Å². The monoisotopic (exact) mass is 284 g/mol. The summed E-state index contributed by atoms with van der Waals surface area (Å²) >= 11 is 0. The third kappa shape index (κ3) is 3.73. The van der Waals surface area contributed by atoms with Gasteiger partial charge >= 0.3 is 0 Å². The molecule has 0 unspecified atom stereocenters. The molecule has 0 N–H and O–H groups in total. The average molecular weight is 284 g/mol. The van der Waals surface area contributed by atoms with Crippen LogP contribution in [0, 0.1) is 0 Å². The molecular formula is C20H33B. The fourth-order valence-corrected chi connectivity index (χ4v) is 3.87. The van der Waals surface area contributed by atoms with E-state index in [-0.39, 0.29) is 0 Å². The minimum absolute atomic E-state index is 0.625. The lowest BCUT2D eigenvalue weighted by Crippen LogP contribution is -2.38. The van der Waals surface area contributed by atoms with Gasteiger partial charge in [-0.05, 0) is 23.3 Å². The lowest BCUT2D eigenvalue weighted by Gasteiger charge is -2.29. The van der Waals surface area contributed by atoms with E-state index < -0.39 is 0 Å². The van der Waals surface area contributed by atoms with Gasteiger partial charge in [0.05, 0.1) is 0 Å². The molecule has 21 heavy (non-hydrogen) atoms. The Kier molecular flexibility index (Phi) is 5.57. The van der Waals surface area contributed by atoms with E-state index in [9.17, 15) is 0 Å². The largest absolute Gasteiger partial charge is 0.176 e. The molecule has 2 rings (SSSR count). The fourth-order valence-electron chi connectivity index (χ4n) is 3.87. The van der Waals surface area contributed by atoms with Gasteiger partial charge in [0.1, 0.15) is 0 Å². The standard InChI is InChI=1S/C20H33B/c1-14(2)17-12-18(15(3)4)20(19(13-17)16(5)6)21-10-8-7-9-11-21/h12-16H,7-11H2,1-6H3. The van der Waals surface area contributed by atoms with Crippen LogP contribution in [0.3, 0.4) is 0 Å². The Morgan fingerprint density at radius 2 is 1.19 bits per heavy atom. The van der Waals surface area contributed by atoms with Gasteiger partial charge in [0.15, 0.2) is 6.71 Å². The van der Waals surface area contributed by atoms with E-state index in [4.69, 9.17) is 0 Å². The van der Waals surface area contributed by atoms with E-state index in [1.165, 1.54) is 37.5 Å². The third-order valence-electron chi connectivity index (χ3n) is 5.19. The Hall–Kier alpha value is -0.715. The summed E-state index contributed by atoms with van der Waals surface area (Å²) in [5, 5.41) is 0. The third-order valence-corrected chi connectivity index (χ3v) is 5.19. The maximum absolute atomic E-state index is 2.52. The second-order valence-electron chi connectivity index (χ2n) is 7.91. The highest BCUT2D eigenvalue weighted by atomic mass is 14.2. The molecule has 0 spiro atoms. The molecule has 0 amide bonds. The molecule has 0 bridgehead atoms. The first kappa shape index (κ1) is 16.7. The molecule has 1 aromatic carbocycles. The van der Waals surface area contributed by atoms with Crippen LogP contribution in [-0.4, -0.2) is 6.71 Å². The molecule has 0 radical (unpaired) electrons. The molecule has 1 heterocycles. The Morgan fingerprint density at radius 3 is 1.57 bits per heavy atom. The molecule has 1 aromatic rings. The van der Waals surface area contributed by atoms with Gasteiger partial charge in [0.25, 0.3) is 0 Å². The van der Waals surface area contributed by atoms with Gasteiger partial charge in [0.2, 0.25) is 0 Å². The predicted molar refractivity (Wildman–Crippen MR) is 97.6 cm³/mol. The highest BCUT2D eigenvalue weighted by Crippen LogP contribution is 2.29. The molecule has 116 valence electrons. The van der Waals surface area contributed by atoms with Crippen LogP contribution < -0.4 is 5.46 Å². The van der Waals surface area contributed by atoms with Crippen molar-refractivity contribution >= 4 is 12.2 Å². The van der Waals surface area contributed by atoms with Crippen molar-refractivity contribution in [3.63, 3.8) is 0 Å². The Morgan fingerprint density at radius 1 is 0.714 bits per heavy atom. The number of hydrogen-bond acceptors (Lipinski definition) is 0. The van der Waals surface area contributed by atoms with Gasteiger partial charge in [-0.25, -0.2) is 0 Å². The molecule has 1 aliphatic rings. The summed E-state index contributed by atoms with van der Waals surface area (Å²) in [6.07, 6.45) is 7.09. The lowest BCUT2D eigenvalue weighted by molar-refractivity contribution is 0.725. The van der Waals surface area contributed by atoms with Crippen LogP contribution in [0.25, 0.3) is 0 Å². The zero-order valence-electron chi connectivity index (χ0n) is 15.0. The first-order valence-electron chi connectivity index (χ1n) is 9.09. The molecule has 1 saturated heterocycles. The first-order chi connectivity index (χ1) is 9.91. The fraction of sp³-hybridized carbons (Fsp3) is 0.700. The molecule has 0 atom stereocenters. The van der Waals surface area contributed by atoms with Crippen molar-refractivity contribution in [3.05, 3.63) is 28.8 Å². The Balaban J connectivity index is 2.57. The predicted octanol–water partition coefficient (Wildman–Crippen LogP) is 5.94. The van der Waals surface area contributed by atoms with E-state index in [1.807, 2.05) is 0 Å². The highest BCUT2D eigenvalue weighted by molar-refractivity contribution is 6.74. The van der Waals surface area contributed by atoms with Crippen molar-refractivity contribution in [1.82, 2.24) is 0 Å². The molecule has 0 saturated carbocycles. The van der Waals surface area contributed by atoms with E-state index in [2.05, 4.69) is 53.7 Å². The molecule has 0 aliphatic carbocycles. The second-order valence-corrected chi connectivity index (χ2v) is 7.91. The van der Waals surface area contributed by atoms with Crippen molar-refractivity contribution in [2.75, 3.05) is 0 Å². The van der Waals surface area contributed by atoms with E-state index in [0.717, 1.165) is 6.71 Å². The SMILES string of the molecule is CC(C)c1cc(C(C)C)c(B2CCCCC2)c(C(C)C)c1. The van der Waals surface area contributed by atoms with E-state index in [0.29, 0.717) is 17.8 Å². The Bertz CT molecular complexity index is 436. The van der Waals surface area contributed by atoms with E-state index >= 15 is 0 Å². The molecule has 0 aromatic heterocycles. The molecule has 0 nitrogen and oxygen atoms in total. The molecular weight excluding hydrogens is 251 g/mol. The number of rotatable bonds is 4. The highest BCUT2D eigenvalue weighted by Gasteiger charge is 2.27. The van der Waals surface area contributed by atoms with Crippen LogP contribution in [0.15, 0.2) is 12.1 Å². The van der Waals surface area contributed by atoms with Crippen LogP contribution in [0.5, 0.6) is 0 Å². The summed E-state index contributed by atoms with van der Waals surface area (Å²) < 4.78 is 0. The number of benzene rings is 1. The van der Waals surface area contributed by atoms with Gasteiger partial charge in [0, 0.05) is 0 Å². The van der Waals surface area contributed by atoms with Crippen LogP contribution in [0.4, 0.5) is 0 Å². The van der Waals surface area contributed by atoms with Gasteiger partial charge in [-0.2, -0.15) is 0 Å². The van der Waals surface area contributed by atoms with Gasteiger partial charge < -0.3 is 0 Å². The molecule has 1 fully saturated rings. The minimum Gasteiger partial charge on any atom is -0.0733 e. The van der Waals surface area contributed by atoms with Gasteiger partial charge in [-0.1, -0.05) is 102 Å². The summed E-state index contributed by atoms with van der Waals surface area (Å²) in [5.74, 6) is 1.90. The lowest BCUT2D eigenvalue weighted by atomic mass is 9.35. The Labute approximate surface area is 132 Å². The average Bonchev–Trinajstić information content (AvgIpc) is 2.46. The summed E-state index contributed by atoms with van der Waals surface area (Å²) in [7, 11) is 0. The van der Waals surface area contributed by atoms with Crippen LogP contribution in [0.1, 0.15) is 95.2 Å². The zero-order valence-corrected chi connectivity index (χ0v) is 15.0. The normalized spacial score (nSPS) is 16.3. The quantitative estimate of drug-likeness (QED) is 0.600. The van der Waals surface area contributed by atoms with Gasteiger partial charge in [-0.3, -0.25) is 0 Å². The van der Waals surface area contributed by atoms with E-state index in [1.54, 1.807) is 16.6 Å². The minimum atomic E-state index is 0.625. The van der Waals surface area contributed by atoms with Crippen molar-refractivity contribution in [3.8, 4) is 0 Å². The van der Waals surface area contributed by atoms with Gasteiger partial charge in [-0.15, -0.1) is 0 Å². The zero-order chi connectivity index (χ0) is 15.6. The van der Waals surface area contributed by atoms with Crippen LogP contribution >= 0.6 is 0 Å².